The van der Waals surface area contributed by atoms with E-state index in [-0.39, 0.29) is 0 Å². The van der Waals surface area contributed by atoms with Crippen molar-refractivity contribution in [2.24, 2.45) is 0 Å². The summed E-state index contributed by atoms with van der Waals surface area (Å²) in [6.45, 7) is 15.0. The molecule has 34 heavy (non-hydrogen) atoms. The van der Waals surface area contributed by atoms with Crippen molar-refractivity contribution in [3.8, 4) is 11.8 Å². The Bertz CT molecular complexity index is 1120. The van der Waals surface area contributed by atoms with Gasteiger partial charge in [0.2, 0.25) is 0 Å². The van der Waals surface area contributed by atoms with Crippen LogP contribution in [0, 0.1) is 11.3 Å². The number of nitriles is 1. The number of ether oxygens (including phenoxy) is 1. The van der Waals surface area contributed by atoms with Gasteiger partial charge in [0.15, 0.2) is 0 Å². The Morgan fingerprint density at radius 1 is 1.21 bits per heavy atom. The molecule has 2 aromatic carbocycles. The van der Waals surface area contributed by atoms with Crippen LogP contribution in [0.5, 0.6) is 5.75 Å². The maximum Gasteiger partial charge on any atom is 0.417 e. The molecule has 0 radical (unpaired) electrons. The van der Waals surface area contributed by atoms with Crippen LogP contribution in [0.25, 0.3) is 5.57 Å². The number of alkyl halides is 3. The molecule has 8 heteroatoms. The van der Waals surface area contributed by atoms with Gasteiger partial charge in [0.25, 0.3) is 0 Å². The Morgan fingerprint density at radius 2 is 1.85 bits per heavy atom. The predicted molar refractivity (Wildman–Crippen MR) is 133 cm³/mol. The van der Waals surface area contributed by atoms with Crippen molar-refractivity contribution in [3.05, 3.63) is 78.0 Å². The fourth-order valence-electron chi connectivity index (χ4n) is 3.99. The first-order valence-corrected chi connectivity index (χ1v) is 11.3. The van der Waals surface area contributed by atoms with Crippen molar-refractivity contribution >= 4 is 23.9 Å². The van der Waals surface area contributed by atoms with Gasteiger partial charge in [0, 0.05) is 17.9 Å². The summed E-state index contributed by atoms with van der Waals surface area (Å²) >= 11 is 4.72. The van der Waals surface area contributed by atoms with Gasteiger partial charge in [-0.25, -0.2) is 0 Å². The molecule has 1 saturated heterocycles. The molecular formula is C26H28F3N3OS. The van der Waals surface area contributed by atoms with Crippen molar-refractivity contribution < 1.29 is 17.9 Å². The molecule has 2 aromatic rings. The summed E-state index contributed by atoms with van der Waals surface area (Å²) in [5, 5.41) is 9.09. The number of hydrogen-bond acceptors (Lipinski definition) is 5. The number of nitrogens with zero attached hydrogens (tertiary/aromatic N) is 3. The molecule has 1 heterocycles. The van der Waals surface area contributed by atoms with Crippen LogP contribution in [0.15, 0.2) is 61.3 Å². The number of thiol groups is 1. The van der Waals surface area contributed by atoms with Gasteiger partial charge in [0.1, 0.15) is 11.2 Å². The van der Waals surface area contributed by atoms with Crippen LogP contribution < -0.4 is 9.64 Å². The van der Waals surface area contributed by atoms with E-state index in [0.717, 1.165) is 23.0 Å². The highest BCUT2D eigenvalue weighted by Gasteiger charge is 2.47. The molecule has 0 aromatic heterocycles. The SMILES string of the molecule is C=C(C)c1ccc(OCCCN2C(S)N(c3ccc(C#N)c(C(F)(F)F)c3)C(=C)C2(C)C)cc1. The van der Waals surface area contributed by atoms with E-state index in [1.807, 2.05) is 45.0 Å². The van der Waals surface area contributed by atoms with Gasteiger partial charge >= 0.3 is 6.18 Å². The predicted octanol–water partition coefficient (Wildman–Crippen LogP) is 6.71. The van der Waals surface area contributed by atoms with Crippen LogP contribution >= 0.6 is 12.6 Å². The fourth-order valence-corrected chi connectivity index (χ4v) is 4.66. The summed E-state index contributed by atoms with van der Waals surface area (Å²) in [4.78, 5) is 3.74. The molecule has 3 rings (SSSR count). The van der Waals surface area contributed by atoms with E-state index in [1.54, 1.807) is 11.0 Å². The van der Waals surface area contributed by atoms with E-state index in [1.165, 1.54) is 12.1 Å². The Labute approximate surface area is 204 Å². The van der Waals surface area contributed by atoms with Crippen LogP contribution in [0.2, 0.25) is 0 Å². The van der Waals surface area contributed by atoms with Crippen LogP contribution in [0.4, 0.5) is 18.9 Å². The molecule has 0 bridgehead atoms. The largest absolute Gasteiger partial charge is 0.494 e. The van der Waals surface area contributed by atoms with Crippen LogP contribution in [0.3, 0.4) is 0 Å². The van der Waals surface area contributed by atoms with Crippen LogP contribution in [0.1, 0.15) is 43.9 Å². The molecule has 0 N–H and O–H groups in total. The molecule has 0 amide bonds. The summed E-state index contributed by atoms with van der Waals surface area (Å²) in [6.07, 6.45) is -3.95. The molecule has 1 atom stereocenters. The smallest absolute Gasteiger partial charge is 0.417 e. The quantitative estimate of drug-likeness (QED) is 0.348. The van der Waals surface area contributed by atoms with Gasteiger partial charge in [0.05, 0.1) is 29.3 Å². The average Bonchev–Trinajstić information content (AvgIpc) is 2.94. The first kappa shape index (κ1) is 25.7. The van der Waals surface area contributed by atoms with E-state index >= 15 is 0 Å². The molecule has 1 aliphatic heterocycles. The number of rotatable bonds is 7. The van der Waals surface area contributed by atoms with E-state index in [0.29, 0.717) is 31.0 Å². The zero-order valence-corrected chi connectivity index (χ0v) is 20.4. The number of hydrogen-bond donors (Lipinski definition) is 1. The van der Waals surface area contributed by atoms with Crippen molar-refractivity contribution in [1.29, 1.82) is 5.26 Å². The highest BCUT2D eigenvalue weighted by Crippen LogP contribution is 2.44. The third-order valence-corrected chi connectivity index (χ3v) is 6.60. The molecule has 0 aliphatic carbocycles. The van der Waals surface area contributed by atoms with Crippen molar-refractivity contribution in [1.82, 2.24) is 4.90 Å². The number of anilines is 1. The minimum Gasteiger partial charge on any atom is -0.494 e. The van der Waals surface area contributed by atoms with Gasteiger partial charge in [-0.15, -0.1) is 12.6 Å². The summed E-state index contributed by atoms with van der Waals surface area (Å²) in [5.41, 5.74) is 0.511. The van der Waals surface area contributed by atoms with Gasteiger partial charge in [-0.2, -0.15) is 18.4 Å². The molecule has 1 unspecified atom stereocenters. The number of halogens is 3. The lowest BCUT2D eigenvalue weighted by Crippen LogP contribution is -2.43. The lowest BCUT2D eigenvalue weighted by Gasteiger charge is -2.32. The molecule has 1 aliphatic rings. The fraction of sp³-hybridized carbons (Fsp3) is 0.346. The Morgan fingerprint density at radius 3 is 2.41 bits per heavy atom. The second-order valence-corrected chi connectivity index (χ2v) is 9.22. The first-order chi connectivity index (χ1) is 15.9. The van der Waals surface area contributed by atoms with Gasteiger partial charge < -0.3 is 9.64 Å². The number of allylic oxidation sites excluding steroid dienone is 1. The highest BCUT2D eigenvalue weighted by molar-refractivity contribution is 7.81. The standard InChI is InChI=1S/C26H28F3N3OS/c1-17(2)19-8-11-22(12-9-19)33-14-6-13-31-24(34)32(18(3)25(31,4)5)21-10-7-20(16-30)23(15-21)26(27,28)29/h7-12,15,24,34H,1,3,6,13-14H2,2,4-5H3. The second kappa shape index (κ2) is 9.77. The first-order valence-electron chi connectivity index (χ1n) is 10.8. The van der Waals surface area contributed by atoms with E-state index in [9.17, 15) is 13.2 Å². The Kier molecular flexibility index (Phi) is 7.39. The minimum absolute atomic E-state index is 0.292. The van der Waals surface area contributed by atoms with Crippen molar-refractivity contribution in [2.75, 3.05) is 18.1 Å². The molecule has 180 valence electrons. The van der Waals surface area contributed by atoms with Gasteiger partial charge in [-0.3, -0.25) is 4.90 Å². The maximum atomic E-state index is 13.5. The molecular weight excluding hydrogens is 459 g/mol. The zero-order chi connectivity index (χ0) is 25.3. The Hall–Kier alpha value is -2.89. The van der Waals surface area contributed by atoms with E-state index in [2.05, 4.69) is 18.1 Å². The topological polar surface area (TPSA) is 39.5 Å². The molecule has 0 saturated carbocycles. The normalized spacial score (nSPS) is 18.1. The molecule has 4 nitrogen and oxygen atoms in total. The minimum atomic E-state index is -4.64. The van der Waals surface area contributed by atoms with Crippen LogP contribution in [-0.2, 0) is 6.18 Å². The second-order valence-electron chi connectivity index (χ2n) is 8.76. The summed E-state index contributed by atoms with van der Waals surface area (Å²) in [5.74, 6) is 0.761. The highest BCUT2D eigenvalue weighted by atomic mass is 32.1. The third kappa shape index (κ3) is 5.11. The average molecular weight is 488 g/mol. The van der Waals surface area contributed by atoms with Crippen LogP contribution in [-0.4, -0.2) is 29.1 Å². The summed E-state index contributed by atoms with van der Waals surface area (Å²) in [7, 11) is 0. The monoisotopic (exact) mass is 487 g/mol. The Balaban J connectivity index is 1.72. The number of benzene rings is 2. The van der Waals surface area contributed by atoms with Gasteiger partial charge in [-0.05, 0) is 63.1 Å². The third-order valence-electron chi connectivity index (χ3n) is 6.09. The van der Waals surface area contributed by atoms with E-state index < -0.39 is 28.3 Å². The maximum absolute atomic E-state index is 13.5. The lowest BCUT2D eigenvalue weighted by atomic mass is 10.00. The van der Waals surface area contributed by atoms with Gasteiger partial charge in [-0.1, -0.05) is 30.9 Å². The molecule has 1 fully saturated rings. The summed E-state index contributed by atoms with van der Waals surface area (Å²) in [6, 6.07) is 13.0. The molecule has 0 spiro atoms. The van der Waals surface area contributed by atoms with Crippen molar-refractivity contribution in [3.63, 3.8) is 0 Å². The zero-order valence-electron chi connectivity index (χ0n) is 19.5. The summed E-state index contributed by atoms with van der Waals surface area (Å²) < 4.78 is 46.3. The lowest BCUT2D eigenvalue weighted by molar-refractivity contribution is -0.137. The van der Waals surface area contributed by atoms with E-state index in [4.69, 9.17) is 22.6 Å². The van der Waals surface area contributed by atoms with Crippen molar-refractivity contribution in [2.45, 2.75) is 44.4 Å².